The molecule has 4 heteroatoms. The van der Waals surface area contributed by atoms with Crippen molar-refractivity contribution in [1.82, 2.24) is 0 Å². The Morgan fingerprint density at radius 1 is 1.38 bits per heavy atom. The smallest absolute Gasteiger partial charge is 0.122 e. The monoisotopic (exact) mass is 344 g/mol. The number of aryl methyl sites for hydroxylation is 1. The molecule has 1 aliphatic carbocycles. The highest BCUT2D eigenvalue weighted by Gasteiger charge is 2.27. The van der Waals surface area contributed by atoms with E-state index in [4.69, 9.17) is 15.1 Å². The van der Waals surface area contributed by atoms with Gasteiger partial charge in [-0.15, -0.1) is 11.8 Å². The van der Waals surface area contributed by atoms with Gasteiger partial charge in [0.05, 0.1) is 18.7 Å². The largest absolute Gasteiger partial charge is 0.496 e. The Labute approximate surface area is 150 Å². The summed E-state index contributed by atoms with van der Waals surface area (Å²) < 4.78 is 5.43. The van der Waals surface area contributed by atoms with Crippen molar-refractivity contribution in [2.75, 3.05) is 12.9 Å². The van der Waals surface area contributed by atoms with Crippen molar-refractivity contribution in [2.24, 2.45) is 10.9 Å². The second-order valence-corrected chi connectivity index (χ2v) is 7.58. The van der Waals surface area contributed by atoms with Crippen molar-refractivity contribution in [2.45, 2.75) is 47.1 Å². The number of nitrogens with zero attached hydrogens (tertiary/aromatic N) is 1. The summed E-state index contributed by atoms with van der Waals surface area (Å²) in [5, 5.41) is 9.22. The number of aliphatic imine (C=N–C) groups is 1. The van der Waals surface area contributed by atoms with E-state index in [1.807, 2.05) is 13.0 Å². The summed E-state index contributed by atoms with van der Waals surface area (Å²) in [7, 11) is 1.71. The quantitative estimate of drug-likeness (QED) is 0.536. The number of rotatable bonds is 7. The first-order chi connectivity index (χ1) is 11.5. The number of hydrogen-bond donors (Lipinski definition) is 1. The summed E-state index contributed by atoms with van der Waals surface area (Å²) in [5.41, 5.74) is 5.47. The minimum Gasteiger partial charge on any atom is -0.496 e. The molecule has 1 aromatic carbocycles. The lowest BCUT2D eigenvalue weighted by atomic mass is 10.0. The summed E-state index contributed by atoms with van der Waals surface area (Å²) in [6, 6.07) is 4.10. The van der Waals surface area contributed by atoms with Gasteiger partial charge in [0.15, 0.2) is 0 Å². The van der Waals surface area contributed by atoms with Gasteiger partial charge in [-0.2, -0.15) is 0 Å². The van der Waals surface area contributed by atoms with E-state index in [-0.39, 0.29) is 0 Å². The summed E-state index contributed by atoms with van der Waals surface area (Å²) in [5.74, 6) is 2.38. The van der Waals surface area contributed by atoms with Crippen LogP contribution in [0.1, 0.15) is 43.4 Å². The van der Waals surface area contributed by atoms with Crippen LogP contribution < -0.4 is 4.74 Å². The Hall–Kier alpha value is -1.55. The first kappa shape index (κ1) is 18.8. The van der Waals surface area contributed by atoms with Crippen molar-refractivity contribution < 1.29 is 4.74 Å². The molecule has 1 saturated carbocycles. The third kappa shape index (κ3) is 4.73. The van der Waals surface area contributed by atoms with Crippen molar-refractivity contribution in [3.05, 3.63) is 40.5 Å². The SMILES string of the molecule is CCSC(/C=C(/C)C(=N)C1CC1)=NCc1c(C)ccc(OC)c1C. The summed E-state index contributed by atoms with van der Waals surface area (Å²) >= 11 is 1.74. The zero-order valence-corrected chi connectivity index (χ0v) is 16.2. The molecule has 24 heavy (non-hydrogen) atoms. The molecular formula is C20H28N2OS. The lowest BCUT2D eigenvalue weighted by Crippen LogP contribution is -2.03. The van der Waals surface area contributed by atoms with E-state index in [1.54, 1.807) is 18.9 Å². The van der Waals surface area contributed by atoms with Gasteiger partial charge in [0, 0.05) is 11.6 Å². The van der Waals surface area contributed by atoms with E-state index < -0.39 is 0 Å². The van der Waals surface area contributed by atoms with Crippen LogP contribution >= 0.6 is 11.8 Å². The number of nitrogens with one attached hydrogen (secondary N) is 1. The Morgan fingerprint density at radius 3 is 2.67 bits per heavy atom. The minimum absolute atomic E-state index is 0.483. The van der Waals surface area contributed by atoms with Gasteiger partial charge in [-0.3, -0.25) is 4.99 Å². The molecular weight excluding hydrogens is 316 g/mol. The molecule has 1 aliphatic rings. The molecule has 0 aromatic heterocycles. The predicted molar refractivity (Wildman–Crippen MR) is 106 cm³/mol. The molecule has 0 amide bonds. The normalized spacial score (nSPS) is 15.5. The van der Waals surface area contributed by atoms with Crippen LogP contribution in [0.4, 0.5) is 0 Å². The number of hydrogen-bond acceptors (Lipinski definition) is 4. The Balaban J connectivity index is 2.22. The van der Waals surface area contributed by atoms with E-state index in [0.717, 1.165) is 33.4 Å². The van der Waals surface area contributed by atoms with Gasteiger partial charge in [-0.1, -0.05) is 13.0 Å². The first-order valence-electron chi connectivity index (χ1n) is 8.55. The maximum atomic E-state index is 8.21. The van der Waals surface area contributed by atoms with Crippen molar-refractivity contribution in [3.8, 4) is 5.75 Å². The highest BCUT2D eigenvalue weighted by Crippen LogP contribution is 2.32. The van der Waals surface area contributed by atoms with Crippen LogP contribution in [-0.2, 0) is 6.54 Å². The molecule has 1 N–H and O–H groups in total. The zero-order valence-electron chi connectivity index (χ0n) is 15.4. The fourth-order valence-electron chi connectivity index (χ4n) is 2.73. The van der Waals surface area contributed by atoms with Crippen LogP contribution in [0, 0.1) is 25.2 Å². The molecule has 0 atom stereocenters. The number of thioether (sulfide) groups is 1. The standard InChI is InChI=1S/C20H28N2OS/c1-6-24-19(11-14(3)20(21)16-8-9-16)22-12-17-13(2)7-10-18(23-5)15(17)4/h7,10-11,16,21H,6,8-9,12H2,1-5H3/b14-11-,21-20?,22-19?. The number of allylic oxidation sites excluding steroid dienone is 1. The van der Waals surface area contributed by atoms with Crippen LogP contribution in [0.2, 0.25) is 0 Å². The first-order valence-corrected chi connectivity index (χ1v) is 9.53. The second-order valence-electron chi connectivity index (χ2n) is 6.29. The van der Waals surface area contributed by atoms with Crippen LogP contribution in [0.15, 0.2) is 28.8 Å². The fourth-order valence-corrected chi connectivity index (χ4v) is 3.44. The van der Waals surface area contributed by atoms with Crippen molar-refractivity contribution >= 4 is 22.5 Å². The van der Waals surface area contributed by atoms with Gasteiger partial charge in [0.1, 0.15) is 5.75 Å². The van der Waals surface area contributed by atoms with Gasteiger partial charge < -0.3 is 10.1 Å². The Kier molecular flexibility index (Phi) is 6.67. The van der Waals surface area contributed by atoms with E-state index in [2.05, 4.69) is 32.9 Å². The summed E-state index contributed by atoms with van der Waals surface area (Å²) in [6.45, 7) is 9.03. The average Bonchev–Trinajstić information content (AvgIpc) is 3.39. The van der Waals surface area contributed by atoms with Gasteiger partial charge in [0.25, 0.3) is 0 Å². The third-order valence-electron chi connectivity index (χ3n) is 4.44. The molecule has 0 heterocycles. The van der Waals surface area contributed by atoms with Crippen molar-refractivity contribution in [1.29, 1.82) is 5.41 Å². The Bertz CT molecular complexity index is 672. The summed E-state index contributed by atoms with van der Waals surface area (Å²) in [4.78, 5) is 4.83. The van der Waals surface area contributed by atoms with Crippen LogP contribution in [0.5, 0.6) is 5.75 Å². The van der Waals surface area contributed by atoms with Crippen LogP contribution in [0.3, 0.4) is 0 Å². The van der Waals surface area contributed by atoms with Gasteiger partial charge in [0.2, 0.25) is 0 Å². The van der Waals surface area contributed by atoms with Gasteiger partial charge in [-0.05, 0) is 73.8 Å². The maximum absolute atomic E-state index is 8.21. The lowest BCUT2D eigenvalue weighted by molar-refractivity contribution is 0.411. The van der Waals surface area contributed by atoms with E-state index in [0.29, 0.717) is 12.5 Å². The van der Waals surface area contributed by atoms with E-state index in [1.165, 1.54) is 24.0 Å². The van der Waals surface area contributed by atoms with Gasteiger partial charge in [-0.25, -0.2) is 0 Å². The molecule has 0 aliphatic heterocycles. The fraction of sp³-hybridized carbons (Fsp3) is 0.500. The third-order valence-corrected chi connectivity index (χ3v) is 5.27. The Morgan fingerprint density at radius 2 is 2.08 bits per heavy atom. The lowest BCUT2D eigenvalue weighted by Gasteiger charge is -2.12. The number of benzene rings is 1. The molecule has 0 unspecified atom stereocenters. The molecule has 0 spiro atoms. The highest BCUT2D eigenvalue weighted by atomic mass is 32.2. The number of methoxy groups -OCH3 is 1. The van der Waals surface area contributed by atoms with Crippen LogP contribution in [0.25, 0.3) is 0 Å². The second kappa shape index (κ2) is 8.52. The van der Waals surface area contributed by atoms with E-state index in [9.17, 15) is 0 Å². The molecule has 0 saturated heterocycles. The molecule has 3 nitrogen and oxygen atoms in total. The molecule has 0 radical (unpaired) electrons. The molecule has 1 fully saturated rings. The number of ether oxygens (including phenoxy) is 1. The van der Waals surface area contributed by atoms with Crippen molar-refractivity contribution in [3.63, 3.8) is 0 Å². The molecule has 130 valence electrons. The molecule has 2 rings (SSSR count). The average molecular weight is 345 g/mol. The predicted octanol–water partition coefficient (Wildman–Crippen LogP) is 5.34. The van der Waals surface area contributed by atoms with Crippen LogP contribution in [-0.4, -0.2) is 23.6 Å². The molecule has 1 aromatic rings. The topological polar surface area (TPSA) is 45.4 Å². The minimum atomic E-state index is 0.483. The zero-order chi connectivity index (χ0) is 17.7. The van der Waals surface area contributed by atoms with Gasteiger partial charge >= 0.3 is 0 Å². The maximum Gasteiger partial charge on any atom is 0.122 e. The highest BCUT2D eigenvalue weighted by molar-refractivity contribution is 8.14. The summed E-state index contributed by atoms with van der Waals surface area (Å²) in [6.07, 6.45) is 4.42. The van der Waals surface area contributed by atoms with E-state index >= 15 is 0 Å². The molecule has 0 bridgehead atoms.